The molecule has 1 atom stereocenters. The Bertz CT molecular complexity index is 189. The van der Waals surface area contributed by atoms with Crippen LogP contribution in [-0.2, 0) is 10.0 Å². The monoisotopic (exact) mass is 180 g/mol. The van der Waals surface area contributed by atoms with Crippen LogP contribution in [0, 0.1) is 0 Å². The van der Waals surface area contributed by atoms with E-state index in [0.29, 0.717) is 6.54 Å². The maximum Gasteiger partial charge on any atom is 0.208 e. The average Bonchev–Trinajstić information content (AvgIpc) is 1.79. The van der Waals surface area contributed by atoms with Crippen LogP contribution in [0.25, 0.3) is 0 Å². The van der Waals surface area contributed by atoms with Gasteiger partial charge in [0.15, 0.2) is 0 Å². The Morgan fingerprint density at radius 2 is 2.09 bits per heavy atom. The van der Waals surface area contributed by atoms with Gasteiger partial charge in [0, 0.05) is 6.04 Å². The van der Waals surface area contributed by atoms with Crippen LogP contribution in [-0.4, -0.2) is 27.3 Å². The van der Waals surface area contributed by atoms with Gasteiger partial charge in [0.2, 0.25) is 10.0 Å². The Morgan fingerprint density at radius 3 is 2.45 bits per heavy atom. The molecule has 0 aromatic carbocycles. The van der Waals surface area contributed by atoms with Crippen LogP contribution < -0.4 is 10.5 Å². The molecular weight excluding hydrogens is 164 g/mol. The molecule has 1 unspecified atom stereocenters. The summed E-state index contributed by atoms with van der Waals surface area (Å²) >= 11 is 0. The van der Waals surface area contributed by atoms with E-state index in [4.69, 9.17) is 5.73 Å². The van der Waals surface area contributed by atoms with Gasteiger partial charge in [-0.25, -0.2) is 13.1 Å². The van der Waals surface area contributed by atoms with Crippen LogP contribution in [0.15, 0.2) is 0 Å². The molecule has 5 heteroatoms. The number of nitrogens with two attached hydrogens (primary N) is 1. The van der Waals surface area contributed by atoms with Gasteiger partial charge in [-0.2, -0.15) is 0 Å². The smallest absolute Gasteiger partial charge is 0.208 e. The van der Waals surface area contributed by atoms with Gasteiger partial charge in [0.05, 0.1) is 6.26 Å². The molecule has 0 heterocycles. The van der Waals surface area contributed by atoms with Crippen LogP contribution >= 0.6 is 0 Å². The van der Waals surface area contributed by atoms with Crippen LogP contribution in [0.4, 0.5) is 0 Å². The lowest BCUT2D eigenvalue weighted by Crippen LogP contribution is -2.31. The number of sulfonamides is 1. The molecule has 4 nitrogen and oxygen atoms in total. The molecule has 0 saturated heterocycles. The van der Waals surface area contributed by atoms with Gasteiger partial charge in [-0.05, 0) is 26.3 Å². The van der Waals surface area contributed by atoms with E-state index in [-0.39, 0.29) is 6.04 Å². The minimum absolute atomic E-state index is 0.00597. The Kier molecular flexibility index (Phi) is 4.63. The molecular formula is C6H16N2O2S. The first-order valence-corrected chi connectivity index (χ1v) is 5.52. The summed E-state index contributed by atoms with van der Waals surface area (Å²) in [6, 6.07) is -0.00597. The maximum atomic E-state index is 10.7. The first-order valence-electron chi connectivity index (χ1n) is 3.63. The van der Waals surface area contributed by atoms with Crippen molar-refractivity contribution in [2.75, 3.05) is 12.8 Å². The second-order valence-corrected chi connectivity index (χ2v) is 4.50. The molecule has 0 saturated carbocycles. The van der Waals surface area contributed by atoms with E-state index in [2.05, 4.69) is 4.72 Å². The van der Waals surface area contributed by atoms with E-state index in [1.165, 1.54) is 0 Å². The van der Waals surface area contributed by atoms with Crippen molar-refractivity contribution < 1.29 is 8.42 Å². The van der Waals surface area contributed by atoms with E-state index in [9.17, 15) is 8.42 Å². The molecule has 0 amide bonds. The summed E-state index contributed by atoms with van der Waals surface area (Å²) in [6.45, 7) is 2.44. The molecule has 0 aliphatic heterocycles. The second-order valence-electron chi connectivity index (χ2n) is 2.72. The summed E-state index contributed by atoms with van der Waals surface area (Å²) in [5, 5.41) is 0. The summed E-state index contributed by atoms with van der Waals surface area (Å²) in [7, 11) is -3.04. The largest absolute Gasteiger partial charge is 0.330 e. The fourth-order valence-electron chi connectivity index (χ4n) is 0.848. The van der Waals surface area contributed by atoms with E-state index in [0.717, 1.165) is 19.1 Å². The summed E-state index contributed by atoms with van der Waals surface area (Å²) in [5.41, 5.74) is 5.26. The summed E-state index contributed by atoms with van der Waals surface area (Å²) in [6.07, 6.45) is 2.80. The fourth-order valence-corrected chi connectivity index (χ4v) is 1.70. The van der Waals surface area contributed by atoms with E-state index >= 15 is 0 Å². The Balaban J connectivity index is 3.61. The van der Waals surface area contributed by atoms with Crippen molar-refractivity contribution in [2.24, 2.45) is 5.73 Å². The molecule has 0 aromatic rings. The predicted molar refractivity (Wildman–Crippen MR) is 45.7 cm³/mol. The molecule has 0 aliphatic rings. The lowest BCUT2D eigenvalue weighted by atomic mass is 10.2. The highest BCUT2D eigenvalue weighted by atomic mass is 32.2. The third-order valence-corrected chi connectivity index (χ3v) is 2.09. The lowest BCUT2D eigenvalue weighted by molar-refractivity contribution is 0.543. The average molecular weight is 180 g/mol. The first kappa shape index (κ1) is 10.9. The van der Waals surface area contributed by atoms with E-state index in [1.54, 1.807) is 0 Å². The molecule has 0 fully saturated rings. The molecule has 0 aliphatic carbocycles. The molecule has 0 bridgehead atoms. The van der Waals surface area contributed by atoms with Crippen LogP contribution in [0.1, 0.15) is 19.8 Å². The summed E-state index contributed by atoms with van der Waals surface area (Å²) < 4.78 is 23.8. The third-order valence-electron chi connectivity index (χ3n) is 1.26. The van der Waals surface area contributed by atoms with E-state index < -0.39 is 10.0 Å². The zero-order valence-electron chi connectivity index (χ0n) is 7.00. The zero-order chi connectivity index (χ0) is 8.91. The quantitative estimate of drug-likeness (QED) is 0.608. The van der Waals surface area contributed by atoms with Crippen LogP contribution in [0.5, 0.6) is 0 Å². The highest BCUT2D eigenvalue weighted by Crippen LogP contribution is 1.95. The molecule has 0 rings (SSSR count). The predicted octanol–water partition coefficient (Wildman–Crippen LogP) is -0.337. The molecule has 11 heavy (non-hydrogen) atoms. The van der Waals surface area contributed by atoms with Crippen molar-refractivity contribution in [2.45, 2.75) is 25.8 Å². The van der Waals surface area contributed by atoms with Crippen molar-refractivity contribution in [1.29, 1.82) is 0 Å². The number of rotatable bonds is 5. The minimum Gasteiger partial charge on any atom is -0.330 e. The summed E-state index contributed by atoms with van der Waals surface area (Å²) in [4.78, 5) is 0. The SMILES string of the molecule is CC(CCCN)NS(C)(=O)=O. The van der Waals surface area contributed by atoms with Gasteiger partial charge in [-0.1, -0.05) is 0 Å². The number of nitrogens with one attached hydrogen (secondary N) is 1. The number of hydrogen-bond donors (Lipinski definition) is 2. The van der Waals surface area contributed by atoms with Crippen LogP contribution in [0.2, 0.25) is 0 Å². The van der Waals surface area contributed by atoms with Gasteiger partial charge in [0.1, 0.15) is 0 Å². The lowest BCUT2D eigenvalue weighted by Gasteiger charge is -2.10. The van der Waals surface area contributed by atoms with Crippen LogP contribution in [0.3, 0.4) is 0 Å². The molecule has 0 radical (unpaired) electrons. The maximum absolute atomic E-state index is 10.7. The summed E-state index contributed by atoms with van der Waals surface area (Å²) in [5.74, 6) is 0. The molecule has 0 spiro atoms. The second kappa shape index (κ2) is 4.69. The van der Waals surface area contributed by atoms with E-state index in [1.807, 2.05) is 6.92 Å². The zero-order valence-corrected chi connectivity index (χ0v) is 7.82. The molecule has 3 N–H and O–H groups in total. The van der Waals surface area contributed by atoms with Gasteiger partial charge < -0.3 is 5.73 Å². The van der Waals surface area contributed by atoms with Crippen molar-refractivity contribution in [1.82, 2.24) is 4.72 Å². The van der Waals surface area contributed by atoms with Crippen molar-refractivity contribution in [3.63, 3.8) is 0 Å². The molecule has 0 aromatic heterocycles. The Labute approximate surface area is 68.2 Å². The van der Waals surface area contributed by atoms with Crippen molar-refractivity contribution in [3.8, 4) is 0 Å². The highest BCUT2D eigenvalue weighted by Gasteiger charge is 2.06. The fraction of sp³-hybridized carbons (Fsp3) is 1.00. The van der Waals surface area contributed by atoms with Gasteiger partial charge in [-0.3, -0.25) is 0 Å². The Morgan fingerprint density at radius 1 is 1.55 bits per heavy atom. The minimum atomic E-state index is -3.04. The molecule has 68 valence electrons. The first-order chi connectivity index (χ1) is 4.95. The van der Waals surface area contributed by atoms with Gasteiger partial charge in [0.25, 0.3) is 0 Å². The van der Waals surface area contributed by atoms with Crippen molar-refractivity contribution >= 4 is 10.0 Å². The number of hydrogen-bond acceptors (Lipinski definition) is 3. The highest BCUT2D eigenvalue weighted by molar-refractivity contribution is 7.88. The van der Waals surface area contributed by atoms with Gasteiger partial charge >= 0.3 is 0 Å². The normalized spacial score (nSPS) is 14.8. The Hall–Kier alpha value is -0.130. The topological polar surface area (TPSA) is 72.2 Å². The third kappa shape index (κ3) is 7.77. The standard InChI is InChI=1S/C6H16N2O2S/c1-6(4-3-5-7)8-11(2,9)10/h6,8H,3-5,7H2,1-2H3. The van der Waals surface area contributed by atoms with Gasteiger partial charge in [-0.15, -0.1) is 0 Å². The van der Waals surface area contributed by atoms with Crippen molar-refractivity contribution in [3.05, 3.63) is 0 Å².